The van der Waals surface area contributed by atoms with Crippen molar-refractivity contribution in [2.45, 2.75) is 13.8 Å². The van der Waals surface area contributed by atoms with Crippen LogP contribution in [0.15, 0.2) is 54.1 Å². The summed E-state index contributed by atoms with van der Waals surface area (Å²) in [6.45, 7) is 3.80. The lowest BCUT2D eigenvalue weighted by atomic mass is 10.1. The molecule has 0 saturated carbocycles. The fourth-order valence-electron chi connectivity index (χ4n) is 3.63. The predicted molar refractivity (Wildman–Crippen MR) is 130 cm³/mol. The largest absolute Gasteiger partial charge is 0.508 e. The number of hydrogen-bond donors (Lipinski definition) is 2. The molecule has 0 bridgehead atoms. The lowest BCUT2D eigenvalue weighted by Gasteiger charge is -2.29. The van der Waals surface area contributed by atoms with Crippen molar-refractivity contribution in [1.82, 2.24) is 9.88 Å². The van der Waals surface area contributed by atoms with Gasteiger partial charge in [-0.1, -0.05) is 29.3 Å². The lowest BCUT2D eigenvalue weighted by Crippen LogP contribution is -2.54. The minimum atomic E-state index is -0.600. The summed E-state index contributed by atoms with van der Waals surface area (Å²) in [4.78, 5) is 27.1. The Hall–Kier alpha value is -3.13. The first-order chi connectivity index (χ1) is 15.2. The summed E-state index contributed by atoms with van der Waals surface area (Å²) in [5, 5.41) is 12.5. The average Bonchev–Trinajstić information content (AvgIpc) is 3.02. The third kappa shape index (κ3) is 3.79. The van der Waals surface area contributed by atoms with Crippen LogP contribution in [0.25, 0.3) is 11.8 Å². The smallest absolute Gasteiger partial charge is 0.270 e. The van der Waals surface area contributed by atoms with Crippen LogP contribution in [0.4, 0.5) is 5.69 Å². The number of amides is 2. The number of carbonyl (C=O) groups is 2. The minimum Gasteiger partial charge on any atom is -0.508 e. The molecule has 2 aromatic carbocycles. The minimum absolute atomic E-state index is 0.0733. The first-order valence-corrected chi connectivity index (χ1v) is 10.7. The molecular weight excluding hydrogens is 469 g/mol. The molecule has 1 saturated heterocycles. The third-order valence-electron chi connectivity index (χ3n) is 5.15. The van der Waals surface area contributed by atoms with Crippen molar-refractivity contribution < 1.29 is 14.7 Å². The second-order valence-electron chi connectivity index (χ2n) is 7.21. The molecule has 1 aliphatic heterocycles. The number of phenolic OH excluding ortho intramolecular Hbond substituents is 1. The average molecular weight is 486 g/mol. The molecule has 0 aliphatic carbocycles. The van der Waals surface area contributed by atoms with E-state index in [1.54, 1.807) is 42.5 Å². The molecule has 2 N–H and O–H groups in total. The highest BCUT2D eigenvalue weighted by Gasteiger charge is 2.36. The van der Waals surface area contributed by atoms with Gasteiger partial charge in [0.05, 0.1) is 15.7 Å². The summed E-state index contributed by atoms with van der Waals surface area (Å²) in [6, 6.07) is 13.5. The molecule has 9 heteroatoms. The molecule has 6 nitrogen and oxygen atoms in total. The van der Waals surface area contributed by atoms with Gasteiger partial charge in [0.25, 0.3) is 11.8 Å². The maximum absolute atomic E-state index is 13.3. The van der Waals surface area contributed by atoms with E-state index < -0.39 is 11.8 Å². The Kier molecular flexibility index (Phi) is 5.81. The number of aryl methyl sites for hydroxylation is 1. The van der Waals surface area contributed by atoms with E-state index in [0.717, 1.165) is 22.0 Å². The zero-order chi connectivity index (χ0) is 23.2. The monoisotopic (exact) mass is 485 g/mol. The van der Waals surface area contributed by atoms with Crippen molar-refractivity contribution in [2.75, 3.05) is 4.90 Å². The number of nitrogens with zero attached hydrogens (tertiary/aromatic N) is 2. The molecule has 2 heterocycles. The topological polar surface area (TPSA) is 74.6 Å². The fraction of sp³-hybridized carbons (Fsp3) is 0.0870. The van der Waals surface area contributed by atoms with Gasteiger partial charge in [-0.2, -0.15) is 0 Å². The first kappa shape index (κ1) is 22.1. The van der Waals surface area contributed by atoms with E-state index in [-0.39, 0.29) is 32.2 Å². The molecule has 0 spiro atoms. The lowest BCUT2D eigenvalue weighted by molar-refractivity contribution is -0.122. The molecule has 32 heavy (non-hydrogen) atoms. The number of halogens is 2. The van der Waals surface area contributed by atoms with Crippen molar-refractivity contribution in [3.05, 3.63) is 81.1 Å². The Labute approximate surface area is 199 Å². The van der Waals surface area contributed by atoms with E-state index >= 15 is 0 Å². The normalized spacial score (nSPS) is 15.4. The predicted octanol–water partition coefficient (Wildman–Crippen LogP) is 4.94. The molecule has 0 radical (unpaired) electrons. The first-order valence-electron chi connectivity index (χ1n) is 9.53. The summed E-state index contributed by atoms with van der Waals surface area (Å²) < 4.78 is 1.97. The van der Waals surface area contributed by atoms with Crippen LogP contribution in [0.5, 0.6) is 5.75 Å². The number of carbonyl (C=O) groups excluding carboxylic acids is 2. The van der Waals surface area contributed by atoms with Gasteiger partial charge in [-0.15, -0.1) is 0 Å². The molecule has 1 aliphatic rings. The highest BCUT2D eigenvalue weighted by atomic mass is 35.5. The SMILES string of the molecule is Cc1cc(C=C2C(=O)NC(=S)N(c3cccc(Cl)c3Cl)C2=O)c(C)n1-c1ccc(O)cc1. The van der Waals surface area contributed by atoms with E-state index in [0.29, 0.717) is 5.56 Å². The van der Waals surface area contributed by atoms with Gasteiger partial charge in [-0.05, 0) is 80.2 Å². The van der Waals surface area contributed by atoms with Gasteiger partial charge < -0.3 is 9.67 Å². The molecule has 162 valence electrons. The number of benzene rings is 2. The summed E-state index contributed by atoms with van der Waals surface area (Å²) in [5.41, 5.74) is 3.46. The van der Waals surface area contributed by atoms with Gasteiger partial charge in [0, 0.05) is 17.1 Å². The van der Waals surface area contributed by atoms with Crippen molar-refractivity contribution in [3.8, 4) is 11.4 Å². The molecule has 1 aromatic heterocycles. The van der Waals surface area contributed by atoms with E-state index in [9.17, 15) is 14.7 Å². The number of thiocarbonyl (C=S) groups is 1. The molecule has 0 unspecified atom stereocenters. The Morgan fingerprint density at radius 1 is 1.06 bits per heavy atom. The number of aromatic hydroxyl groups is 1. The van der Waals surface area contributed by atoms with Crippen LogP contribution in [0.2, 0.25) is 10.0 Å². The maximum atomic E-state index is 13.3. The van der Waals surface area contributed by atoms with Crippen LogP contribution in [0.3, 0.4) is 0 Å². The Balaban J connectivity index is 1.78. The summed E-state index contributed by atoms with van der Waals surface area (Å²) in [7, 11) is 0. The number of nitrogens with one attached hydrogen (secondary N) is 1. The Morgan fingerprint density at radius 3 is 2.44 bits per heavy atom. The highest BCUT2D eigenvalue weighted by Crippen LogP contribution is 2.34. The van der Waals surface area contributed by atoms with Crippen LogP contribution < -0.4 is 10.2 Å². The fourth-order valence-corrected chi connectivity index (χ4v) is 4.28. The molecule has 1 fully saturated rings. The van der Waals surface area contributed by atoms with Gasteiger partial charge >= 0.3 is 0 Å². The second-order valence-corrected chi connectivity index (χ2v) is 8.38. The number of phenols is 1. The van der Waals surface area contributed by atoms with Crippen LogP contribution >= 0.6 is 35.4 Å². The van der Waals surface area contributed by atoms with Gasteiger partial charge in [0.1, 0.15) is 11.3 Å². The summed E-state index contributed by atoms with van der Waals surface area (Å²) >= 11 is 17.6. The van der Waals surface area contributed by atoms with Crippen LogP contribution in [0, 0.1) is 13.8 Å². The molecule has 2 amide bonds. The van der Waals surface area contributed by atoms with Crippen LogP contribution in [-0.2, 0) is 9.59 Å². The van der Waals surface area contributed by atoms with Crippen molar-refractivity contribution in [2.24, 2.45) is 0 Å². The van der Waals surface area contributed by atoms with Gasteiger partial charge in [-0.3, -0.25) is 19.8 Å². The molecule has 3 aromatic rings. The third-order valence-corrected chi connectivity index (χ3v) is 6.25. The summed E-state index contributed by atoms with van der Waals surface area (Å²) in [6.07, 6.45) is 1.53. The number of anilines is 1. The van der Waals surface area contributed by atoms with Gasteiger partial charge in [0.2, 0.25) is 0 Å². The quantitative estimate of drug-likeness (QED) is 0.313. The van der Waals surface area contributed by atoms with E-state index in [2.05, 4.69) is 5.32 Å². The van der Waals surface area contributed by atoms with Gasteiger partial charge in [0.15, 0.2) is 5.11 Å². The zero-order valence-electron chi connectivity index (χ0n) is 17.0. The standard InChI is InChI=1S/C23H17Cl2N3O3S/c1-12-10-14(13(2)27(12)15-6-8-16(29)9-7-15)11-17-21(30)26-23(32)28(22(17)31)19-5-3-4-18(24)20(19)25/h3-11,29H,1-2H3,(H,26,30,32). The number of aromatic nitrogens is 1. The van der Waals surface area contributed by atoms with Gasteiger partial charge in [-0.25, -0.2) is 0 Å². The second kappa shape index (κ2) is 8.43. The zero-order valence-corrected chi connectivity index (χ0v) is 19.3. The summed E-state index contributed by atoms with van der Waals surface area (Å²) in [5.74, 6) is -1.03. The van der Waals surface area contributed by atoms with Crippen LogP contribution in [0.1, 0.15) is 17.0 Å². The molecule has 0 atom stereocenters. The Bertz CT molecular complexity index is 1310. The Morgan fingerprint density at radius 2 is 1.75 bits per heavy atom. The number of hydrogen-bond acceptors (Lipinski definition) is 4. The van der Waals surface area contributed by atoms with E-state index in [1.807, 2.05) is 24.5 Å². The van der Waals surface area contributed by atoms with Crippen LogP contribution in [-0.4, -0.2) is 26.6 Å². The maximum Gasteiger partial charge on any atom is 0.270 e. The number of rotatable bonds is 3. The molecular formula is C23H17Cl2N3O3S. The van der Waals surface area contributed by atoms with E-state index in [4.69, 9.17) is 35.4 Å². The van der Waals surface area contributed by atoms with Crippen molar-refractivity contribution in [1.29, 1.82) is 0 Å². The molecule has 4 rings (SSSR count). The van der Waals surface area contributed by atoms with Crippen molar-refractivity contribution in [3.63, 3.8) is 0 Å². The van der Waals surface area contributed by atoms with E-state index in [1.165, 1.54) is 6.08 Å². The van der Waals surface area contributed by atoms with Crippen molar-refractivity contribution >= 4 is 64.1 Å². The highest BCUT2D eigenvalue weighted by molar-refractivity contribution is 7.80.